The van der Waals surface area contributed by atoms with Crippen molar-refractivity contribution < 1.29 is 38.6 Å². The quantitative estimate of drug-likeness (QED) is 0.0800. The van der Waals surface area contributed by atoms with E-state index >= 15 is 0 Å². The molecule has 8 aromatic rings. The van der Waals surface area contributed by atoms with Gasteiger partial charge in [-0.05, 0) is 136 Å². The number of aromatic nitrogens is 2. The second kappa shape index (κ2) is 25.9. The number of esters is 2. The Kier molecular flexibility index (Phi) is 19.3. The van der Waals surface area contributed by atoms with Crippen molar-refractivity contribution in [3.8, 4) is 44.9 Å². The van der Waals surface area contributed by atoms with Crippen LogP contribution in [0.5, 0.6) is 11.5 Å². The summed E-state index contributed by atoms with van der Waals surface area (Å²) in [6, 6.07) is 48.5. The monoisotopic (exact) mass is 1010 g/mol. The normalized spacial score (nSPS) is 10.3. The number of halogens is 3. The molecule has 8 rings (SSSR count). The van der Waals surface area contributed by atoms with Gasteiger partial charge in [-0.2, -0.15) is 0 Å². The van der Waals surface area contributed by atoms with E-state index in [4.69, 9.17) is 42.1 Å². The van der Waals surface area contributed by atoms with Crippen LogP contribution in [-0.4, -0.2) is 52.3 Å². The zero-order chi connectivity index (χ0) is 48.3. The molecule has 0 spiro atoms. The van der Waals surface area contributed by atoms with E-state index in [1.54, 1.807) is 62.9 Å². The Bertz CT molecular complexity index is 2910. The van der Waals surface area contributed by atoms with Gasteiger partial charge in [-0.15, -0.1) is 0 Å². The maximum absolute atomic E-state index is 12.2. The van der Waals surface area contributed by atoms with Crippen LogP contribution in [-0.2, 0) is 22.7 Å². The van der Waals surface area contributed by atoms with Crippen LogP contribution in [0.1, 0.15) is 45.7 Å². The lowest BCUT2D eigenvalue weighted by molar-refractivity contribution is 0.0517. The van der Waals surface area contributed by atoms with Gasteiger partial charge in [0.15, 0.2) is 0 Å². The summed E-state index contributed by atoms with van der Waals surface area (Å²) in [7, 11) is -1.60. The fourth-order valence-electron chi connectivity index (χ4n) is 6.69. The molecule has 0 bridgehead atoms. The van der Waals surface area contributed by atoms with Gasteiger partial charge in [-0.1, -0.05) is 108 Å². The summed E-state index contributed by atoms with van der Waals surface area (Å²) >= 11 is 15.6. The lowest BCUT2D eigenvalue weighted by Crippen LogP contribution is -2.31. The number of rotatable bonds is 14. The van der Waals surface area contributed by atoms with E-state index in [1.165, 1.54) is 6.07 Å². The third-order valence-electron chi connectivity index (χ3n) is 9.92. The van der Waals surface area contributed by atoms with Crippen LogP contribution in [0.2, 0.25) is 10.0 Å². The van der Waals surface area contributed by atoms with Crippen LogP contribution in [0.25, 0.3) is 33.4 Å². The smallest absolute Gasteiger partial charge is 0.489 e. The minimum atomic E-state index is -1.60. The molecule has 10 nitrogen and oxygen atoms in total. The molecule has 0 unspecified atom stereocenters. The molecule has 68 heavy (non-hydrogen) atoms. The largest absolute Gasteiger partial charge is 0.492 e. The highest BCUT2D eigenvalue weighted by Gasteiger charge is 2.18. The molecule has 0 atom stereocenters. The summed E-state index contributed by atoms with van der Waals surface area (Å²) in [5.41, 5.74) is 8.83. The Morgan fingerprint density at radius 2 is 1.04 bits per heavy atom. The van der Waals surface area contributed by atoms with E-state index < -0.39 is 7.12 Å². The van der Waals surface area contributed by atoms with Crippen molar-refractivity contribution in [3.05, 3.63) is 219 Å². The van der Waals surface area contributed by atoms with Crippen molar-refractivity contribution in [1.29, 1.82) is 0 Å². The molecule has 2 N–H and O–H groups in total. The number of benzene rings is 6. The Balaban J connectivity index is 0.000000181. The van der Waals surface area contributed by atoms with Crippen molar-refractivity contribution in [2.24, 2.45) is 0 Å². The lowest BCUT2D eigenvalue weighted by Gasteiger charge is -2.15. The number of carbonyl (C=O) groups excluding carboxylic acids is 2. The summed E-state index contributed by atoms with van der Waals surface area (Å²) in [6.07, 6.45) is 6.96. The van der Waals surface area contributed by atoms with E-state index in [0.717, 1.165) is 49.0 Å². The summed E-state index contributed by atoms with van der Waals surface area (Å²) < 4.78 is 22.8. The molecular weight excluding hydrogens is 966 g/mol. The van der Waals surface area contributed by atoms with Gasteiger partial charge >= 0.3 is 19.1 Å². The average molecular weight is 1010 g/mol. The van der Waals surface area contributed by atoms with Gasteiger partial charge < -0.3 is 29.0 Å². The number of pyridine rings is 2. The van der Waals surface area contributed by atoms with Gasteiger partial charge in [0.25, 0.3) is 0 Å². The van der Waals surface area contributed by atoms with E-state index in [1.807, 2.05) is 127 Å². The molecule has 0 saturated carbocycles. The second-order valence-electron chi connectivity index (χ2n) is 14.6. The van der Waals surface area contributed by atoms with Crippen molar-refractivity contribution in [1.82, 2.24) is 9.97 Å². The minimum absolute atomic E-state index is 0.262. The third-order valence-corrected chi connectivity index (χ3v) is 11.0. The van der Waals surface area contributed by atoms with Crippen LogP contribution in [0.4, 0.5) is 0 Å². The topological polar surface area (TPSA) is 137 Å². The van der Waals surface area contributed by atoms with Gasteiger partial charge in [0.05, 0.1) is 24.3 Å². The number of nitrogens with zero attached hydrogens (tertiary/aromatic N) is 2. The SMILES string of the molecule is CCOC(=O)c1cccc(-c2ccncc2-c2cc(Cl)ccc2OCc2ccccc2)c1.CCOC(=O)c1cccc(-c2ccncc2Br)c1.OB(O)c1cc(Cl)ccc1OCc1ccccc1. The molecule has 2 aromatic heterocycles. The van der Waals surface area contributed by atoms with E-state index in [2.05, 4.69) is 25.9 Å². The maximum Gasteiger partial charge on any atom is 0.492 e. The number of hydrogen-bond donors (Lipinski definition) is 2. The van der Waals surface area contributed by atoms with Gasteiger partial charge in [0.2, 0.25) is 0 Å². The zero-order valence-electron chi connectivity index (χ0n) is 37.1. The second-order valence-corrected chi connectivity index (χ2v) is 16.4. The molecule has 0 radical (unpaired) electrons. The van der Waals surface area contributed by atoms with E-state index in [-0.39, 0.29) is 17.4 Å². The first-order chi connectivity index (χ1) is 33.0. The Morgan fingerprint density at radius 1 is 0.544 bits per heavy atom. The molecule has 2 heterocycles. The molecule has 6 aromatic carbocycles. The van der Waals surface area contributed by atoms with Crippen LogP contribution >= 0.6 is 39.1 Å². The number of hydrogen-bond acceptors (Lipinski definition) is 10. The first-order valence-corrected chi connectivity index (χ1v) is 23.0. The van der Waals surface area contributed by atoms with Gasteiger partial charge in [-0.3, -0.25) is 9.97 Å². The van der Waals surface area contributed by atoms with E-state index in [9.17, 15) is 19.6 Å². The first-order valence-electron chi connectivity index (χ1n) is 21.4. The fourth-order valence-corrected chi connectivity index (χ4v) is 7.52. The Labute approximate surface area is 414 Å². The molecule has 14 heteroatoms. The lowest BCUT2D eigenvalue weighted by atomic mass is 9.79. The summed E-state index contributed by atoms with van der Waals surface area (Å²) in [5, 5.41) is 19.5. The van der Waals surface area contributed by atoms with Crippen molar-refractivity contribution >= 4 is 63.7 Å². The predicted molar refractivity (Wildman–Crippen MR) is 272 cm³/mol. The number of carbonyl (C=O) groups is 2. The zero-order valence-corrected chi connectivity index (χ0v) is 40.2. The standard InChI is InChI=1S/C27H22ClNO3.C14H12BrNO2.C13H12BClO3/c1-2-31-27(30)21-10-6-9-20(15-21)23-13-14-29-17-25(23)24-16-22(28)11-12-26(24)32-18-19-7-4-3-5-8-19;1-2-18-14(17)11-5-3-4-10(8-11)12-6-7-16-9-13(12)15;15-11-6-7-13(12(8-11)14(16)17)18-9-10-4-2-1-3-5-10/h3-17H,2,18H2,1H3;3-9H,2H2,1H3;1-8,16-17H,9H2. The van der Waals surface area contributed by atoms with Crippen molar-refractivity contribution in [2.45, 2.75) is 27.1 Å². The highest BCUT2D eigenvalue weighted by molar-refractivity contribution is 9.10. The van der Waals surface area contributed by atoms with Gasteiger partial charge in [0.1, 0.15) is 24.7 Å². The summed E-state index contributed by atoms with van der Waals surface area (Å²) in [4.78, 5) is 32.2. The molecule has 0 aliphatic heterocycles. The van der Waals surface area contributed by atoms with Crippen molar-refractivity contribution in [2.75, 3.05) is 13.2 Å². The van der Waals surface area contributed by atoms with Crippen LogP contribution in [0.15, 0.2) is 187 Å². The van der Waals surface area contributed by atoms with Crippen molar-refractivity contribution in [3.63, 3.8) is 0 Å². The highest BCUT2D eigenvalue weighted by atomic mass is 79.9. The maximum atomic E-state index is 12.2. The van der Waals surface area contributed by atoms with Gasteiger partial charge in [-0.25, -0.2) is 9.59 Å². The third kappa shape index (κ3) is 14.6. The van der Waals surface area contributed by atoms with Crippen LogP contribution in [0, 0.1) is 0 Å². The molecule has 0 amide bonds. The average Bonchev–Trinajstić information content (AvgIpc) is 3.37. The molecule has 0 aliphatic carbocycles. The van der Waals surface area contributed by atoms with Crippen LogP contribution in [0.3, 0.4) is 0 Å². The molecular formula is C54H46BBrCl2N2O8. The van der Waals surface area contributed by atoms with E-state index in [0.29, 0.717) is 59.1 Å². The molecule has 0 aliphatic rings. The Hall–Kier alpha value is -6.80. The van der Waals surface area contributed by atoms with Crippen LogP contribution < -0.4 is 14.9 Å². The fraction of sp³-hybridized carbons (Fsp3) is 0.111. The highest BCUT2D eigenvalue weighted by Crippen LogP contribution is 2.39. The number of ether oxygens (including phenoxy) is 4. The predicted octanol–water partition coefficient (Wildman–Crippen LogP) is 12.1. The molecule has 0 saturated heterocycles. The first kappa shape index (κ1) is 50.6. The Morgan fingerprint density at radius 3 is 1.59 bits per heavy atom. The summed E-state index contributed by atoms with van der Waals surface area (Å²) in [5.74, 6) is 0.469. The molecule has 0 fully saturated rings. The molecule has 344 valence electrons. The summed E-state index contributed by atoms with van der Waals surface area (Å²) in [6.45, 7) is 5.09. The van der Waals surface area contributed by atoms with Gasteiger partial charge in [0, 0.05) is 55.9 Å². The minimum Gasteiger partial charge on any atom is -0.489 e.